The first-order chi connectivity index (χ1) is 9.88. The molecule has 0 unspecified atom stereocenters. The molecule has 5 atom stereocenters. The van der Waals surface area contributed by atoms with Crippen molar-refractivity contribution in [3.05, 3.63) is 11.8 Å². The number of ether oxygens (including phenoxy) is 3. The normalized spacial score (nSPS) is 39.3. The van der Waals surface area contributed by atoms with Crippen molar-refractivity contribution < 1.29 is 23.8 Å². The van der Waals surface area contributed by atoms with Crippen LogP contribution in [0.25, 0.3) is 0 Å². The molecule has 7 nitrogen and oxygen atoms in total. The van der Waals surface area contributed by atoms with Crippen molar-refractivity contribution in [2.75, 3.05) is 21.1 Å². The fraction of sp³-hybridized carbons (Fsp3) is 0.714. The summed E-state index contributed by atoms with van der Waals surface area (Å²) in [5.41, 5.74) is 0.244. The number of amides is 2. The molecule has 3 aliphatic rings. The maximum absolute atomic E-state index is 12.3. The third-order valence-electron chi connectivity index (χ3n) is 4.64. The minimum atomic E-state index is -0.730. The zero-order valence-electron chi connectivity index (χ0n) is 12.6. The van der Waals surface area contributed by atoms with E-state index in [4.69, 9.17) is 14.2 Å². The Morgan fingerprint density at radius 1 is 1.48 bits per heavy atom. The van der Waals surface area contributed by atoms with E-state index < -0.39 is 12.4 Å². The average molecular weight is 296 g/mol. The molecule has 1 aliphatic carbocycles. The number of fused-ring (bicyclic) bond motifs is 3. The van der Waals surface area contributed by atoms with Crippen molar-refractivity contribution in [1.82, 2.24) is 10.2 Å². The Morgan fingerprint density at radius 3 is 2.81 bits per heavy atom. The Kier molecular flexibility index (Phi) is 3.12. The topological polar surface area (TPSA) is 80.4 Å². The summed E-state index contributed by atoms with van der Waals surface area (Å²) < 4.78 is 16.5. The molecule has 2 heterocycles. The number of epoxide rings is 1. The van der Waals surface area contributed by atoms with Crippen LogP contribution in [0.15, 0.2) is 11.8 Å². The molecule has 2 aliphatic heterocycles. The van der Waals surface area contributed by atoms with Gasteiger partial charge in [0.25, 0.3) is 12.2 Å². The molecule has 2 fully saturated rings. The van der Waals surface area contributed by atoms with Crippen molar-refractivity contribution >= 4 is 12.0 Å². The fourth-order valence-electron chi connectivity index (χ4n) is 3.45. The summed E-state index contributed by atoms with van der Waals surface area (Å²) in [5.74, 6) is -0.246. The molecule has 0 spiro atoms. The van der Waals surface area contributed by atoms with Gasteiger partial charge in [0.15, 0.2) is 0 Å². The number of alkyl carbamates (subject to hydrolysis) is 1. The maximum atomic E-state index is 12.3. The number of nitrogens with zero attached hydrogens (tertiary/aromatic N) is 1. The lowest BCUT2D eigenvalue weighted by Gasteiger charge is -2.36. The highest BCUT2D eigenvalue weighted by molar-refractivity contribution is 5.93. The molecule has 1 saturated heterocycles. The van der Waals surface area contributed by atoms with Crippen LogP contribution >= 0.6 is 0 Å². The molecule has 3 rings (SSSR count). The van der Waals surface area contributed by atoms with E-state index in [0.717, 1.165) is 6.42 Å². The molecule has 0 aromatic carbocycles. The van der Waals surface area contributed by atoms with Crippen LogP contribution in [0.5, 0.6) is 0 Å². The summed E-state index contributed by atoms with van der Waals surface area (Å²) in [5, 5.41) is 2.41. The van der Waals surface area contributed by atoms with E-state index in [2.05, 4.69) is 5.32 Å². The Balaban J connectivity index is 1.87. The molecule has 0 radical (unpaired) electrons. The minimum absolute atomic E-state index is 0.00736. The molecular weight excluding hydrogens is 276 g/mol. The lowest BCUT2D eigenvalue weighted by Crippen LogP contribution is -2.45. The van der Waals surface area contributed by atoms with Gasteiger partial charge < -0.3 is 24.4 Å². The first-order valence-electron chi connectivity index (χ1n) is 7.02. The first-order valence-corrected chi connectivity index (χ1v) is 7.02. The van der Waals surface area contributed by atoms with E-state index in [0.29, 0.717) is 5.57 Å². The third-order valence-corrected chi connectivity index (χ3v) is 4.64. The van der Waals surface area contributed by atoms with Gasteiger partial charge >= 0.3 is 6.09 Å². The van der Waals surface area contributed by atoms with Crippen LogP contribution in [0.2, 0.25) is 0 Å². The summed E-state index contributed by atoms with van der Waals surface area (Å²) in [4.78, 5) is 25.3. The van der Waals surface area contributed by atoms with Gasteiger partial charge in [-0.05, 0) is 13.3 Å². The van der Waals surface area contributed by atoms with Gasteiger partial charge in [0, 0.05) is 27.1 Å². The molecule has 21 heavy (non-hydrogen) atoms. The molecule has 0 bridgehead atoms. The second-order valence-electron chi connectivity index (χ2n) is 6.09. The van der Waals surface area contributed by atoms with Crippen molar-refractivity contribution in [3.63, 3.8) is 0 Å². The second kappa shape index (κ2) is 4.62. The van der Waals surface area contributed by atoms with Crippen molar-refractivity contribution in [2.45, 2.75) is 31.3 Å². The highest BCUT2D eigenvalue weighted by Gasteiger charge is 2.70. The zero-order valence-corrected chi connectivity index (χ0v) is 12.6. The van der Waals surface area contributed by atoms with Crippen LogP contribution in [0.3, 0.4) is 0 Å². The number of carbonyl (C=O) groups excluding carboxylic acids is 2. The highest BCUT2D eigenvalue weighted by atomic mass is 16.7. The van der Waals surface area contributed by atoms with E-state index in [9.17, 15) is 9.59 Å². The van der Waals surface area contributed by atoms with E-state index in [1.165, 1.54) is 18.2 Å². The quantitative estimate of drug-likeness (QED) is 0.749. The van der Waals surface area contributed by atoms with Gasteiger partial charge in [0.2, 0.25) is 0 Å². The van der Waals surface area contributed by atoms with Crippen LogP contribution in [-0.2, 0) is 19.0 Å². The van der Waals surface area contributed by atoms with E-state index in [1.54, 1.807) is 14.1 Å². The molecule has 7 heteroatoms. The minimum Gasteiger partial charge on any atom is -0.461 e. The summed E-state index contributed by atoms with van der Waals surface area (Å²) in [6.45, 7) is 1.98. The highest BCUT2D eigenvalue weighted by Crippen LogP contribution is 2.61. The second-order valence-corrected chi connectivity index (χ2v) is 6.09. The maximum Gasteiger partial charge on any atom is 0.409 e. The molecular formula is C14H20N2O5. The standard InChI is InChI=1S/C14H20N2O5/c1-14-9(21-14)5-7-8(11(17)16(3)4)6-19-12(10(7)14)20-13(18)15-2/h6-7,9-10,12H,5H2,1-4H3,(H,15,18)/t7-,9+,10-,12+,14+/m1/s1. The number of hydrogen-bond donors (Lipinski definition) is 1. The van der Waals surface area contributed by atoms with E-state index >= 15 is 0 Å². The molecule has 116 valence electrons. The molecule has 2 amide bonds. The van der Waals surface area contributed by atoms with Crippen LogP contribution in [0, 0.1) is 11.8 Å². The van der Waals surface area contributed by atoms with Gasteiger partial charge in [-0.25, -0.2) is 4.79 Å². The van der Waals surface area contributed by atoms with Crippen LogP contribution in [0.4, 0.5) is 4.79 Å². The predicted octanol–water partition coefficient (Wildman–Crippen LogP) is 0.464. The Morgan fingerprint density at radius 2 is 2.19 bits per heavy atom. The van der Waals surface area contributed by atoms with Crippen LogP contribution in [-0.4, -0.2) is 56.0 Å². The summed E-state index contributed by atoms with van der Waals surface area (Å²) in [7, 11) is 4.91. The van der Waals surface area contributed by atoms with Crippen molar-refractivity contribution in [2.24, 2.45) is 11.8 Å². The number of carbonyl (C=O) groups is 2. The molecule has 1 saturated carbocycles. The van der Waals surface area contributed by atoms with Gasteiger partial charge in [-0.2, -0.15) is 0 Å². The average Bonchev–Trinajstić information content (AvgIpc) is 3.00. The lowest BCUT2D eigenvalue weighted by molar-refractivity contribution is -0.144. The van der Waals surface area contributed by atoms with Gasteiger partial charge in [0.1, 0.15) is 5.60 Å². The van der Waals surface area contributed by atoms with Gasteiger partial charge in [-0.15, -0.1) is 0 Å². The number of likely N-dealkylation sites (N-methyl/N-ethyl adjacent to an activating group) is 1. The SMILES string of the molecule is CNC(=O)O[C@@H]1OC=C(C(=O)N(C)C)[C@H]2C[C@@H]3O[C@]3(C)[C@@H]12. The number of hydrogen-bond acceptors (Lipinski definition) is 5. The van der Waals surface area contributed by atoms with Crippen LogP contribution in [0.1, 0.15) is 13.3 Å². The predicted molar refractivity (Wildman–Crippen MR) is 72.1 cm³/mol. The van der Waals surface area contributed by atoms with E-state index in [-0.39, 0.29) is 29.4 Å². The Hall–Kier alpha value is -1.76. The summed E-state index contributed by atoms with van der Waals surface area (Å²) in [6, 6.07) is 0. The van der Waals surface area contributed by atoms with Crippen LogP contribution < -0.4 is 5.32 Å². The molecule has 0 aromatic heterocycles. The number of nitrogens with one attached hydrogen (secondary N) is 1. The van der Waals surface area contributed by atoms with Gasteiger partial charge in [-0.3, -0.25) is 4.79 Å². The third kappa shape index (κ3) is 2.07. The Labute approximate surface area is 123 Å². The Bertz CT molecular complexity index is 517. The number of rotatable bonds is 2. The smallest absolute Gasteiger partial charge is 0.409 e. The fourth-order valence-corrected chi connectivity index (χ4v) is 3.45. The van der Waals surface area contributed by atoms with E-state index in [1.807, 2.05) is 6.92 Å². The zero-order chi connectivity index (χ0) is 15.4. The first kappa shape index (κ1) is 14.2. The van der Waals surface area contributed by atoms with Gasteiger partial charge in [0.05, 0.1) is 23.9 Å². The van der Waals surface area contributed by atoms with Gasteiger partial charge in [-0.1, -0.05) is 0 Å². The largest absolute Gasteiger partial charge is 0.461 e. The molecule has 0 aromatic rings. The summed E-state index contributed by atoms with van der Waals surface area (Å²) in [6.07, 6.45) is 1.01. The lowest BCUT2D eigenvalue weighted by atomic mass is 9.81. The van der Waals surface area contributed by atoms with Crippen molar-refractivity contribution in [3.8, 4) is 0 Å². The van der Waals surface area contributed by atoms with Crippen molar-refractivity contribution in [1.29, 1.82) is 0 Å². The summed E-state index contributed by atoms with van der Waals surface area (Å²) >= 11 is 0. The molecule has 1 N–H and O–H groups in total. The monoisotopic (exact) mass is 296 g/mol.